The van der Waals surface area contributed by atoms with Crippen molar-refractivity contribution in [3.05, 3.63) is 0 Å². The second-order valence-corrected chi connectivity index (χ2v) is 4.38. The lowest BCUT2D eigenvalue weighted by Crippen LogP contribution is -2.46. The molecule has 0 amide bonds. The Balaban J connectivity index is 2.35. The first kappa shape index (κ1) is 12.0. The predicted octanol–water partition coefficient (Wildman–Crippen LogP) is 1.30. The Labute approximate surface area is 86.8 Å². The minimum Gasteiger partial charge on any atom is -0.395 e. The maximum Gasteiger partial charge on any atom is 0.0584 e. The van der Waals surface area contributed by atoms with Crippen molar-refractivity contribution in [2.24, 2.45) is 0 Å². The molecule has 0 radical (unpaired) electrons. The van der Waals surface area contributed by atoms with Gasteiger partial charge in [-0.25, -0.2) is 0 Å². The minimum absolute atomic E-state index is 0.233. The minimum atomic E-state index is 0.233. The third-order valence-electron chi connectivity index (χ3n) is 2.88. The maximum atomic E-state index is 9.09. The monoisotopic (exact) mass is 201 g/mol. The SMILES string of the molecule is CC[C@H](CO)NC1C[C@H](C)O[C@@H](C)C1. The van der Waals surface area contributed by atoms with E-state index in [1.165, 1.54) is 0 Å². The third-order valence-corrected chi connectivity index (χ3v) is 2.88. The number of hydrogen-bond acceptors (Lipinski definition) is 3. The summed E-state index contributed by atoms with van der Waals surface area (Å²) in [4.78, 5) is 0. The number of hydrogen-bond donors (Lipinski definition) is 2. The standard InChI is InChI=1S/C11H23NO2/c1-4-10(7-13)12-11-5-8(2)14-9(3)6-11/h8-13H,4-7H2,1-3H3/t8-,9-,10+/m0/s1. The molecular formula is C11H23NO2. The van der Waals surface area contributed by atoms with E-state index in [4.69, 9.17) is 9.84 Å². The first-order chi connectivity index (χ1) is 6.65. The molecule has 0 bridgehead atoms. The van der Waals surface area contributed by atoms with Gasteiger partial charge in [-0.2, -0.15) is 0 Å². The number of aliphatic hydroxyl groups excluding tert-OH is 1. The molecule has 0 aromatic rings. The van der Waals surface area contributed by atoms with E-state index < -0.39 is 0 Å². The van der Waals surface area contributed by atoms with Crippen LogP contribution in [0.3, 0.4) is 0 Å². The van der Waals surface area contributed by atoms with Crippen molar-refractivity contribution in [1.82, 2.24) is 5.32 Å². The highest BCUT2D eigenvalue weighted by atomic mass is 16.5. The van der Waals surface area contributed by atoms with Crippen LogP contribution in [0.1, 0.15) is 40.0 Å². The zero-order valence-corrected chi connectivity index (χ0v) is 9.49. The van der Waals surface area contributed by atoms with E-state index in [0.717, 1.165) is 19.3 Å². The van der Waals surface area contributed by atoms with E-state index in [9.17, 15) is 0 Å². The van der Waals surface area contributed by atoms with Crippen molar-refractivity contribution in [2.75, 3.05) is 6.61 Å². The van der Waals surface area contributed by atoms with E-state index in [0.29, 0.717) is 18.2 Å². The topological polar surface area (TPSA) is 41.5 Å². The Kier molecular flexibility index (Phi) is 4.85. The second-order valence-electron chi connectivity index (χ2n) is 4.38. The van der Waals surface area contributed by atoms with Gasteiger partial charge >= 0.3 is 0 Å². The molecule has 2 N–H and O–H groups in total. The van der Waals surface area contributed by atoms with Gasteiger partial charge in [0.05, 0.1) is 18.8 Å². The van der Waals surface area contributed by atoms with Gasteiger partial charge in [0.2, 0.25) is 0 Å². The fourth-order valence-electron chi connectivity index (χ4n) is 2.17. The molecule has 1 saturated heterocycles. The van der Waals surface area contributed by atoms with Gasteiger partial charge in [-0.3, -0.25) is 0 Å². The average Bonchev–Trinajstić information content (AvgIpc) is 2.12. The van der Waals surface area contributed by atoms with Crippen LogP contribution >= 0.6 is 0 Å². The quantitative estimate of drug-likeness (QED) is 0.720. The van der Waals surface area contributed by atoms with Crippen molar-refractivity contribution < 1.29 is 9.84 Å². The van der Waals surface area contributed by atoms with Crippen molar-refractivity contribution in [1.29, 1.82) is 0 Å². The number of ether oxygens (including phenoxy) is 1. The summed E-state index contributed by atoms with van der Waals surface area (Å²) in [5.74, 6) is 0. The fourth-order valence-corrected chi connectivity index (χ4v) is 2.17. The molecule has 1 aliphatic heterocycles. The van der Waals surface area contributed by atoms with Gasteiger partial charge < -0.3 is 15.2 Å². The van der Waals surface area contributed by atoms with Crippen molar-refractivity contribution >= 4 is 0 Å². The lowest BCUT2D eigenvalue weighted by atomic mass is 9.98. The van der Waals surface area contributed by atoms with Crippen molar-refractivity contribution in [3.63, 3.8) is 0 Å². The molecule has 1 fully saturated rings. The van der Waals surface area contributed by atoms with E-state index in [1.54, 1.807) is 0 Å². The molecule has 0 aromatic heterocycles. The van der Waals surface area contributed by atoms with Crippen molar-refractivity contribution in [3.8, 4) is 0 Å². The summed E-state index contributed by atoms with van der Waals surface area (Å²) in [5, 5.41) is 12.6. The number of nitrogens with one attached hydrogen (secondary N) is 1. The second kappa shape index (κ2) is 5.69. The van der Waals surface area contributed by atoms with Gasteiger partial charge in [-0.05, 0) is 33.1 Å². The van der Waals surface area contributed by atoms with Gasteiger partial charge in [0.15, 0.2) is 0 Å². The Morgan fingerprint density at radius 2 is 1.93 bits per heavy atom. The van der Waals surface area contributed by atoms with Crippen molar-refractivity contribution in [2.45, 2.75) is 64.3 Å². The normalized spacial score (nSPS) is 35.6. The molecule has 0 spiro atoms. The first-order valence-electron chi connectivity index (χ1n) is 5.68. The molecular weight excluding hydrogens is 178 g/mol. The summed E-state index contributed by atoms with van der Waals surface area (Å²) in [5.41, 5.74) is 0. The molecule has 14 heavy (non-hydrogen) atoms. The van der Waals surface area contributed by atoms with Gasteiger partial charge in [-0.15, -0.1) is 0 Å². The molecule has 3 atom stereocenters. The van der Waals surface area contributed by atoms with Crippen LogP contribution in [0.4, 0.5) is 0 Å². The van der Waals surface area contributed by atoms with E-state index in [1.807, 2.05) is 0 Å². The maximum absolute atomic E-state index is 9.09. The zero-order valence-electron chi connectivity index (χ0n) is 9.49. The summed E-state index contributed by atoms with van der Waals surface area (Å²) in [6, 6.07) is 0.753. The largest absolute Gasteiger partial charge is 0.395 e. The molecule has 3 nitrogen and oxygen atoms in total. The molecule has 0 aliphatic carbocycles. The van der Waals surface area contributed by atoms with Gasteiger partial charge in [0.25, 0.3) is 0 Å². The predicted molar refractivity (Wildman–Crippen MR) is 57.3 cm³/mol. The third kappa shape index (κ3) is 3.56. The molecule has 0 saturated carbocycles. The molecule has 1 rings (SSSR count). The molecule has 0 aromatic carbocycles. The van der Waals surface area contributed by atoms with Crippen LogP contribution in [0.5, 0.6) is 0 Å². The zero-order chi connectivity index (χ0) is 10.6. The van der Waals surface area contributed by atoms with Crippen LogP contribution in [0.25, 0.3) is 0 Å². The number of rotatable bonds is 4. The van der Waals surface area contributed by atoms with Crippen LogP contribution in [0.15, 0.2) is 0 Å². The molecule has 84 valence electrons. The van der Waals surface area contributed by atoms with Gasteiger partial charge in [-0.1, -0.05) is 6.92 Å². The summed E-state index contributed by atoms with van der Waals surface area (Å²) in [6.07, 6.45) is 3.78. The summed E-state index contributed by atoms with van der Waals surface area (Å²) in [7, 11) is 0. The lowest BCUT2D eigenvalue weighted by molar-refractivity contribution is -0.0445. The molecule has 3 heteroatoms. The summed E-state index contributed by atoms with van der Waals surface area (Å²) >= 11 is 0. The fraction of sp³-hybridized carbons (Fsp3) is 1.00. The Morgan fingerprint density at radius 3 is 2.36 bits per heavy atom. The van der Waals surface area contributed by atoms with Crippen LogP contribution in [0.2, 0.25) is 0 Å². The van der Waals surface area contributed by atoms with Gasteiger partial charge in [0.1, 0.15) is 0 Å². The molecule has 1 heterocycles. The first-order valence-corrected chi connectivity index (χ1v) is 5.68. The Bertz CT molecular complexity index is 149. The molecule has 0 unspecified atom stereocenters. The Hall–Kier alpha value is -0.120. The Morgan fingerprint density at radius 1 is 1.36 bits per heavy atom. The summed E-state index contributed by atoms with van der Waals surface area (Å²) < 4.78 is 5.66. The van der Waals surface area contributed by atoms with Gasteiger partial charge in [0, 0.05) is 12.1 Å². The smallest absolute Gasteiger partial charge is 0.0584 e. The van der Waals surface area contributed by atoms with E-state index >= 15 is 0 Å². The van der Waals surface area contributed by atoms with E-state index in [2.05, 4.69) is 26.1 Å². The van der Waals surface area contributed by atoms with Crippen LogP contribution in [-0.2, 0) is 4.74 Å². The van der Waals surface area contributed by atoms with Crippen LogP contribution in [-0.4, -0.2) is 36.0 Å². The van der Waals surface area contributed by atoms with Crippen LogP contribution in [0, 0.1) is 0 Å². The lowest BCUT2D eigenvalue weighted by Gasteiger charge is -2.34. The van der Waals surface area contributed by atoms with Crippen LogP contribution < -0.4 is 5.32 Å². The highest BCUT2D eigenvalue weighted by molar-refractivity contribution is 4.81. The average molecular weight is 201 g/mol. The molecule has 1 aliphatic rings. The highest BCUT2D eigenvalue weighted by Gasteiger charge is 2.25. The van der Waals surface area contributed by atoms with E-state index in [-0.39, 0.29) is 12.6 Å². The highest BCUT2D eigenvalue weighted by Crippen LogP contribution is 2.19. The summed E-state index contributed by atoms with van der Waals surface area (Å²) in [6.45, 7) is 6.56. The number of aliphatic hydroxyl groups is 1.